The summed E-state index contributed by atoms with van der Waals surface area (Å²) in [7, 11) is -0.981. The van der Waals surface area contributed by atoms with Crippen LogP contribution in [0.2, 0.25) is 19.6 Å². The molecule has 6 rings (SSSR count). The number of halogens is 2. The molecule has 0 spiro atoms. The summed E-state index contributed by atoms with van der Waals surface area (Å²) in [5.74, 6) is 3.94. The van der Waals surface area contributed by atoms with Crippen LogP contribution in [-0.4, -0.2) is 11.3 Å². The van der Waals surface area contributed by atoms with E-state index in [1.54, 1.807) is 57.6 Å². The monoisotopic (exact) mass is 720 g/mol. The van der Waals surface area contributed by atoms with Gasteiger partial charge in [0.05, 0.1) is 0 Å². The molecule has 0 fully saturated rings. The van der Waals surface area contributed by atoms with Crippen LogP contribution in [0.15, 0.2) is 47.7 Å². The molecule has 0 bridgehead atoms. The number of rotatable bonds is 1. The quantitative estimate of drug-likeness (QED) is 0.229. The molecule has 0 nitrogen and oxygen atoms in total. The van der Waals surface area contributed by atoms with E-state index in [0.717, 1.165) is 6.42 Å². The van der Waals surface area contributed by atoms with Gasteiger partial charge in [0.15, 0.2) is 0 Å². The van der Waals surface area contributed by atoms with Gasteiger partial charge in [0.25, 0.3) is 0 Å². The molecule has 3 aliphatic carbocycles. The smallest absolute Gasteiger partial charge is 0.0114 e. The summed E-state index contributed by atoms with van der Waals surface area (Å²) in [5, 5.41) is 4.49. The fourth-order valence-electron chi connectivity index (χ4n) is 7.36. The molecule has 0 amide bonds. The van der Waals surface area contributed by atoms with E-state index in [-0.39, 0.29) is 24.8 Å². The van der Waals surface area contributed by atoms with Crippen molar-refractivity contribution < 1.29 is 49.0 Å². The molecule has 44 heavy (non-hydrogen) atoms. The first-order chi connectivity index (χ1) is 19.6. The Labute approximate surface area is 297 Å². The molecule has 0 radical (unpaired) electrons. The van der Waals surface area contributed by atoms with Crippen LogP contribution in [0.3, 0.4) is 0 Å². The maximum Gasteiger partial charge on any atom is -0.0114 e. The average Bonchev–Trinajstić information content (AvgIpc) is 3.57. The van der Waals surface area contributed by atoms with Crippen LogP contribution in [0.4, 0.5) is 0 Å². The number of benzene rings is 3. The number of fused-ring (bicyclic) bond motifs is 8. The Bertz CT molecular complexity index is 1590. The summed E-state index contributed by atoms with van der Waals surface area (Å²) in [6.45, 7) is 30.4. The molecule has 0 heterocycles. The van der Waals surface area contributed by atoms with Gasteiger partial charge < -0.3 is 24.8 Å². The molecule has 0 saturated heterocycles. The van der Waals surface area contributed by atoms with E-state index < -0.39 is 8.07 Å². The van der Waals surface area contributed by atoms with E-state index in [4.69, 9.17) is 0 Å². The maximum atomic E-state index is 3.20. The third-order valence-electron chi connectivity index (χ3n) is 10.3. The van der Waals surface area contributed by atoms with Crippen molar-refractivity contribution in [3.05, 3.63) is 98.6 Å². The molecule has 3 aromatic rings. The van der Waals surface area contributed by atoms with Gasteiger partial charge in [0, 0.05) is 0 Å². The average molecular weight is 723 g/mol. The minimum Gasteiger partial charge on any atom is -1.00 e. The molecular weight excluding hydrogens is 671 g/mol. The van der Waals surface area contributed by atoms with Crippen molar-refractivity contribution >= 4 is 22.1 Å². The Kier molecular flexibility index (Phi) is 13.4. The van der Waals surface area contributed by atoms with E-state index >= 15 is 0 Å². The summed E-state index contributed by atoms with van der Waals surface area (Å²) in [5.41, 5.74) is 13.7. The van der Waals surface area contributed by atoms with Gasteiger partial charge >= 0.3 is 41.3 Å². The van der Waals surface area contributed by atoms with Gasteiger partial charge in [0.1, 0.15) is 0 Å². The van der Waals surface area contributed by atoms with Crippen molar-refractivity contribution in [1.29, 1.82) is 0 Å². The fraction of sp³-hybridized carbons (Fsp3) is 0.450. The summed E-state index contributed by atoms with van der Waals surface area (Å²) in [6.07, 6.45) is 8.69. The topological polar surface area (TPSA) is 0 Å². The van der Waals surface area contributed by atoms with Crippen molar-refractivity contribution in [1.82, 2.24) is 0 Å². The maximum absolute atomic E-state index is 3.20. The summed E-state index contributed by atoms with van der Waals surface area (Å²) < 4.78 is 1.51. The SMILES string of the molecule is C[C](C)=[Zr+2].C[Si](C)(C)C1=CC[C-]=C1.Cc1cc2c(c(C)c1C)C(C)c1c3c(c4ccccc4c1-2)C(C)C(C)C(C)[C-]3C.[Cl-].[Cl-]. The van der Waals surface area contributed by atoms with Gasteiger partial charge in [-0.2, -0.15) is 17.6 Å². The van der Waals surface area contributed by atoms with Crippen LogP contribution in [0.1, 0.15) is 106 Å². The third kappa shape index (κ3) is 7.20. The van der Waals surface area contributed by atoms with E-state index in [0.29, 0.717) is 23.7 Å². The molecule has 4 unspecified atom stereocenters. The van der Waals surface area contributed by atoms with Gasteiger partial charge in [-0.3, -0.25) is 6.08 Å². The van der Waals surface area contributed by atoms with E-state index in [1.165, 1.54) is 41.8 Å². The first-order valence-corrected chi connectivity index (χ1v) is 20.6. The first kappa shape index (κ1) is 39.0. The predicted molar refractivity (Wildman–Crippen MR) is 186 cm³/mol. The molecule has 0 N–H and O–H groups in total. The molecule has 3 aliphatic rings. The van der Waals surface area contributed by atoms with Crippen molar-refractivity contribution in [2.75, 3.05) is 0 Å². The largest absolute Gasteiger partial charge is 1.00 e. The van der Waals surface area contributed by atoms with Crippen molar-refractivity contribution in [2.24, 2.45) is 11.8 Å². The van der Waals surface area contributed by atoms with E-state index in [2.05, 4.69) is 137 Å². The number of aryl methyl sites for hydroxylation is 1. The molecule has 236 valence electrons. The second-order valence-corrected chi connectivity index (χ2v) is 21.9. The molecule has 0 aliphatic heterocycles. The second-order valence-electron chi connectivity index (χ2n) is 14.3. The third-order valence-corrected chi connectivity index (χ3v) is 12.4. The Morgan fingerprint density at radius 1 is 0.886 bits per heavy atom. The van der Waals surface area contributed by atoms with Crippen LogP contribution >= 0.6 is 0 Å². The summed E-state index contributed by atoms with van der Waals surface area (Å²) in [4.78, 5) is 0. The number of hydrogen-bond acceptors (Lipinski definition) is 0. The van der Waals surface area contributed by atoms with Gasteiger partial charge in [-0.1, -0.05) is 113 Å². The van der Waals surface area contributed by atoms with Crippen LogP contribution in [0.5, 0.6) is 0 Å². The van der Waals surface area contributed by atoms with Crippen molar-refractivity contribution in [3.63, 3.8) is 0 Å². The zero-order valence-corrected chi connectivity index (χ0v) is 34.3. The predicted octanol–water partition coefficient (Wildman–Crippen LogP) is 5.54. The Hall–Kier alpha value is -1.18. The van der Waals surface area contributed by atoms with Crippen LogP contribution in [0.25, 0.3) is 21.9 Å². The van der Waals surface area contributed by atoms with Crippen molar-refractivity contribution in [2.45, 2.75) is 107 Å². The zero-order valence-electron chi connectivity index (χ0n) is 29.3. The molecule has 0 saturated carbocycles. The fourth-order valence-corrected chi connectivity index (χ4v) is 8.61. The molecular formula is C40H52Cl2SiZr-2. The molecule has 4 heteroatoms. The normalized spacial score (nSPS) is 21.0. The molecule has 0 aromatic heterocycles. The van der Waals surface area contributed by atoms with Crippen LogP contribution in [-0.2, 0) is 24.2 Å². The van der Waals surface area contributed by atoms with Gasteiger partial charge in [0.2, 0.25) is 0 Å². The van der Waals surface area contributed by atoms with Crippen LogP contribution < -0.4 is 24.8 Å². The minimum atomic E-state index is -0.981. The van der Waals surface area contributed by atoms with Crippen molar-refractivity contribution in [3.8, 4) is 11.1 Å². The van der Waals surface area contributed by atoms with Crippen LogP contribution in [0, 0.1) is 44.6 Å². The molecule has 4 atom stereocenters. The van der Waals surface area contributed by atoms with E-state index in [9.17, 15) is 0 Å². The second kappa shape index (κ2) is 15.2. The van der Waals surface area contributed by atoms with Gasteiger partial charge in [-0.25, -0.2) is 11.3 Å². The summed E-state index contributed by atoms with van der Waals surface area (Å²) in [6, 6.07) is 11.7. The number of allylic oxidation sites excluding steroid dienone is 4. The zero-order chi connectivity index (χ0) is 31.3. The first-order valence-electron chi connectivity index (χ1n) is 15.9. The minimum absolute atomic E-state index is 0. The Morgan fingerprint density at radius 2 is 1.45 bits per heavy atom. The van der Waals surface area contributed by atoms with Gasteiger partial charge in [-0.05, 0) is 68.0 Å². The van der Waals surface area contributed by atoms with E-state index in [1.807, 2.05) is 0 Å². The van der Waals surface area contributed by atoms with Gasteiger partial charge in [-0.15, -0.1) is 17.5 Å². The molecule has 3 aromatic carbocycles. The Morgan fingerprint density at radius 3 is 1.95 bits per heavy atom. The Balaban J connectivity index is 0.000000380. The number of hydrogen-bond donors (Lipinski definition) is 0. The summed E-state index contributed by atoms with van der Waals surface area (Å²) >= 11 is 1.55. The standard InChI is InChI=1S/C29H33.C8H13Si.C3H6.2ClH.Zr/c1-14-13-24-25(18(5)15(14)2)21(8)28-27-20(7)17(4)16(3)19(6)26(27)22-11-9-10-12-23(22)29(24)28;1-9(2,3)8-6-4-5-7-8;1-3-2;;;/h9-13,16-17,19,21H,1-8H3;6-7H,4H2,1-3H3;1-2H3;2*1H;/q2*-1;;;;+2/p-2.